The highest BCUT2D eigenvalue weighted by molar-refractivity contribution is 7.15. The molecule has 0 radical (unpaired) electrons. The second-order valence-electron chi connectivity index (χ2n) is 5.10. The zero-order valence-electron chi connectivity index (χ0n) is 12.3. The summed E-state index contributed by atoms with van der Waals surface area (Å²) in [5, 5.41) is 11.8. The van der Waals surface area contributed by atoms with Crippen molar-refractivity contribution in [1.82, 2.24) is 10.2 Å². The van der Waals surface area contributed by atoms with Crippen LogP contribution in [0.5, 0.6) is 0 Å². The van der Waals surface area contributed by atoms with Crippen LogP contribution in [-0.2, 0) is 22.4 Å². The summed E-state index contributed by atoms with van der Waals surface area (Å²) < 4.78 is 5.24. The fourth-order valence-corrected chi connectivity index (χ4v) is 2.95. The van der Waals surface area contributed by atoms with E-state index in [4.69, 9.17) is 4.74 Å². The molecule has 2 heterocycles. The zero-order chi connectivity index (χ0) is 15.7. The van der Waals surface area contributed by atoms with Gasteiger partial charge in [0.2, 0.25) is 5.13 Å². The first-order valence-electron chi connectivity index (χ1n) is 7.00. The number of rotatable bonds is 3. The van der Waals surface area contributed by atoms with Crippen molar-refractivity contribution in [2.24, 2.45) is 0 Å². The molecule has 1 N–H and O–H groups in total. The van der Waals surface area contributed by atoms with E-state index < -0.39 is 12.1 Å². The molecule has 6 nitrogen and oxygen atoms in total. The molecule has 1 amide bonds. The molecular weight excluding hydrogens is 302 g/mol. The van der Waals surface area contributed by atoms with Crippen LogP contribution in [0, 0.1) is 6.92 Å². The smallest absolute Gasteiger partial charge is 0.339 e. The molecule has 3 rings (SSSR count). The van der Waals surface area contributed by atoms with Gasteiger partial charge in [-0.25, -0.2) is 4.79 Å². The molecule has 1 aromatic heterocycles. The number of hydrogen-bond donors (Lipinski definition) is 1. The molecule has 1 aromatic carbocycles. The Morgan fingerprint density at radius 2 is 2.27 bits per heavy atom. The minimum atomic E-state index is -0.836. The Morgan fingerprint density at radius 1 is 1.45 bits per heavy atom. The van der Waals surface area contributed by atoms with Gasteiger partial charge in [0.05, 0.1) is 5.56 Å². The predicted octanol–water partition coefficient (Wildman–Crippen LogP) is 2.13. The third-order valence-electron chi connectivity index (χ3n) is 3.43. The molecule has 0 bridgehead atoms. The van der Waals surface area contributed by atoms with Crippen molar-refractivity contribution >= 4 is 28.3 Å². The Hall–Kier alpha value is -2.28. The summed E-state index contributed by atoms with van der Waals surface area (Å²) in [5.41, 5.74) is 2.35. The lowest BCUT2D eigenvalue weighted by molar-refractivity contribution is -0.125. The number of fused-ring (bicyclic) bond motifs is 1. The number of aryl methyl sites for hydroxylation is 2. The van der Waals surface area contributed by atoms with Crippen molar-refractivity contribution in [3.05, 3.63) is 39.9 Å². The van der Waals surface area contributed by atoms with Crippen molar-refractivity contribution in [2.75, 3.05) is 5.32 Å². The van der Waals surface area contributed by atoms with Crippen molar-refractivity contribution in [3.8, 4) is 0 Å². The Morgan fingerprint density at radius 3 is 3.00 bits per heavy atom. The van der Waals surface area contributed by atoms with Gasteiger partial charge in [-0.2, -0.15) is 0 Å². The molecule has 1 aliphatic rings. The Labute approximate surface area is 131 Å². The number of hydrogen-bond acceptors (Lipinski definition) is 6. The van der Waals surface area contributed by atoms with Crippen LogP contribution in [0.15, 0.2) is 18.2 Å². The number of carbonyl (C=O) groups excluding carboxylic acids is 2. The Balaban J connectivity index is 1.74. The van der Waals surface area contributed by atoms with Gasteiger partial charge < -0.3 is 4.74 Å². The van der Waals surface area contributed by atoms with Gasteiger partial charge in [-0.05, 0) is 25.0 Å². The third-order valence-corrected chi connectivity index (χ3v) is 4.41. The number of nitrogens with zero attached hydrogens (tertiary/aromatic N) is 2. The minimum absolute atomic E-state index is 0.368. The van der Waals surface area contributed by atoms with Crippen molar-refractivity contribution in [3.63, 3.8) is 0 Å². The summed E-state index contributed by atoms with van der Waals surface area (Å²) in [6.45, 7) is 3.88. The molecule has 22 heavy (non-hydrogen) atoms. The lowest BCUT2D eigenvalue weighted by atomic mass is 9.96. The number of esters is 1. The molecule has 0 spiro atoms. The maximum atomic E-state index is 12.2. The SMILES string of the molecule is CCc1nnc(NC(=O)[C@H]2Cc3ccc(C)cc3C(=O)O2)s1. The largest absolute Gasteiger partial charge is 0.448 e. The first kappa shape index (κ1) is 14.6. The van der Waals surface area contributed by atoms with Crippen LogP contribution in [0.4, 0.5) is 5.13 Å². The highest BCUT2D eigenvalue weighted by Gasteiger charge is 2.31. The zero-order valence-corrected chi connectivity index (χ0v) is 13.1. The molecule has 2 aromatic rings. The van der Waals surface area contributed by atoms with Crippen LogP contribution < -0.4 is 5.32 Å². The number of cyclic esters (lactones) is 1. The summed E-state index contributed by atoms with van der Waals surface area (Å²) in [6.07, 6.45) is 0.294. The van der Waals surface area contributed by atoms with E-state index in [-0.39, 0.29) is 5.91 Å². The number of ether oxygens (including phenoxy) is 1. The molecule has 7 heteroatoms. The first-order valence-corrected chi connectivity index (χ1v) is 7.82. The fourth-order valence-electron chi connectivity index (χ4n) is 2.27. The second-order valence-corrected chi connectivity index (χ2v) is 6.16. The lowest BCUT2D eigenvalue weighted by Gasteiger charge is -2.23. The van der Waals surface area contributed by atoms with Crippen LogP contribution >= 0.6 is 11.3 Å². The topological polar surface area (TPSA) is 81.2 Å². The maximum absolute atomic E-state index is 12.2. The average Bonchev–Trinajstić information content (AvgIpc) is 2.95. The van der Waals surface area contributed by atoms with Crippen LogP contribution in [0.2, 0.25) is 0 Å². The van der Waals surface area contributed by atoms with Gasteiger partial charge in [0.15, 0.2) is 6.10 Å². The Bertz CT molecular complexity index is 741. The van der Waals surface area contributed by atoms with Gasteiger partial charge in [-0.15, -0.1) is 10.2 Å². The van der Waals surface area contributed by atoms with Crippen LogP contribution in [0.3, 0.4) is 0 Å². The van der Waals surface area contributed by atoms with Crippen molar-refractivity contribution in [2.45, 2.75) is 32.8 Å². The van der Waals surface area contributed by atoms with Gasteiger partial charge in [-0.1, -0.05) is 36.0 Å². The van der Waals surface area contributed by atoms with Crippen LogP contribution in [0.25, 0.3) is 0 Å². The van der Waals surface area contributed by atoms with E-state index in [0.717, 1.165) is 22.6 Å². The van der Waals surface area contributed by atoms with Gasteiger partial charge in [0.1, 0.15) is 5.01 Å². The molecule has 114 valence electrons. The quantitative estimate of drug-likeness (QED) is 0.877. The summed E-state index contributed by atoms with van der Waals surface area (Å²) >= 11 is 1.32. The van der Waals surface area contributed by atoms with Crippen molar-refractivity contribution in [1.29, 1.82) is 0 Å². The average molecular weight is 317 g/mol. The summed E-state index contributed by atoms with van der Waals surface area (Å²) in [7, 11) is 0. The van der Waals surface area contributed by atoms with E-state index in [0.29, 0.717) is 17.1 Å². The lowest BCUT2D eigenvalue weighted by Crippen LogP contribution is -2.38. The van der Waals surface area contributed by atoms with Gasteiger partial charge in [0, 0.05) is 6.42 Å². The molecule has 0 fully saturated rings. The van der Waals surface area contributed by atoms with Crippen molar-refractivity contribution < 1.29 is 14.3 Å². The fraction of sp³-hybridized carbons (Fsp3) is 0.333. The monoisotopic (exact) mass is 317 g/mol. The highest BCUT2D eigenvalue weighted by Crippen LogP contribution is 2.23. The molecular formula is C15H15N3O3S. The van der Waals surface area contributed by atoms with E-state index in [9.17, 15) is 9.59 Å². The first-order chi connectivity index (χ1) is 10.6. The van der Waals surface area contributed by atoms with Gasteiger partial charge in [0.25, 0.3) is 5.91 Å². The number of anilines is 1. The molecule has 0 saturated carbocycles. The molecule has 1 atom stereocenters. The van der Waals surface area contributed by atoms with E-state index in [1.807, 2.05) is 26.0 Å². The maximum Gasteiger partial charge on any atom is 0.339 e. The van der Waals surface area contributed by atoms with E-state index in [1.165, 1.54) is 11.3 Å². The summed E-state index contributed by atoms with van der Waals surface area (Å²) in [6, 6.07) is 5.57. The predicted molar refractivity (Wildman–Crippen MR) is 82.0 cm³/mol. The molecule has 0 saturated heterocycles. The second kappa shape index (κ2) is 5.84. The standard InChI is InChI=1S/C15H15N3O3S/c1-3-12-17-18-15(22-12)16-13(19)11-7-9-5-4-8(2)6-10(9)14(20)21-11/h4-6,11H,3,7H2,1-2H3,(H,16,18,19)/t11-/m1/s1. The summed E-state index contributed by atoms with van der Waals surface area (Å²) in [5.74, 6) is -0.838. The van der Waals surface area contributed by atoms with Gasteiger partial charge in [-0.3, -0.25) is 10.1 Å². The van der Waals surface area contributed by atoms with Gasteiger partial charge >= 0.3 is 5.97 Å². The number of aromatic nitrogens is 2. The highest BCUT2D eigenvalue weighted by atomic mass is 32.1. The number of nitrogens with one attached hydrogen (secondary N) is 1. The number of benzene rings is 1. The minimum Gasteiger partial charge on any atom is -0.448 e. The third kappa shape index (κ3) is 2.85. The molecule has 1 aliphatic heterocycles. The van der Waals surface area contributed by atoms with Crippen LogP contribution in [0.1, 0.15) is 33.4 Å². The van der Waals surface area contributed by atoms with E-state index in [2.05, 4.69) is 15.5 Å². The van der Waals surface area contributed by atoms with E-state index in [1.54, 1.807) is 6.07 Å². The Kier molecular flexibility index (Phi) is 3.89. The number of carbonyl (C=O) groups is 2. The summed E-state index contributed by atoms with van der Waals surface area (Å²) in [4.78, 5) is 24.3. The molecule has 0 unspecified atom stereocenters. The van der Waals surface area contributed by atoms with Crippen LogP contribution in [-0.4, -0.2) is 28.2 Å². The molecule has 0 aliphatic carbocycles. The number of amides is 1. The normalized spacial score (nSPS) is 16.8. The van der Waals surface area contributed by atoms with E-state index >= 15 is 0 Å².